The number of nitrogens with zero attached hydrogens (tertiary/aromatic N) is 2. The molecule has 0 saturated heterocycles. The summed E-state index contributed by atoms with van der Waals surface area (Å²) in [6.07, 6.45) is 0. The minimum atomic E-state index is 0.506. The third kappa shape index (κ3) is 4.16. The highest BCUT2D eigenvalue weighted by Crippen LogP contribution is 2.40. The van der Waals surface area contributed by atoms with Crippen molar-refractivity contribution in [2.45, 2.75) is 6.54 Å². The summed E-state index contributed by atoms with van der Waals surface area (Å²) >= 11 is 1.86. The van der Waals surface area contributed by atoms with Gasteiger partial charge in [0.25, 0.3) is 0 Å². The van der Waals surface area contributed by atoms with E-state index < -0.39 is 0 Å². The van der Waals surface area contributed by atoms with Gasteiger partial charge in [-0.3, -0.25) is 4.99 Å². The van der Waals surface area contributed by atoms with E-state index in [2.05, 4.69) is 126 Å². The molecule has 3 nitrogen and oxygen atoms in total. The molecular weight excluding hydrogens is 531 g/mol. The molecule has 2 aromatic heterocycles. The molecule has 0 unspecified atom stereocenters. The van der Waals surface area contributed by atoms with E-state index >= 15 is 0 Å². The SMILES string of the molecule is NC(=NCc1cccc(-n2c3ccccc3c3cc4sc5ccccc5c4cc32)c1)c1cccc(-c2ccccc2)c1. The largest absolute Gasteiger partial charge is 0.383 e. The summed E-state index contributed by atoms with van der Waals surface area (Å²) in [4.78, 5) is 4.80. The quantitative estimate of drug-likeness (QED) is 0.166. The van der Waals surface area contributed by atoms with Crippen LogP contribution in [0.3, 0.4) is 0 Å². The molecule has 0 saturated carbocycles. The van der Waals surface area contributed by atoms with E-state index in [4.69, 9.17) is 10.7 Å². The second kappa shape index (κ2) is 10.0. The highest BCUT2D eigenvalue weighted by atomic mass is 32.1. The Bertz CT molecular complexity index is 2290. The van der Waals surface area contributed by atoms with Gasteiger partial charge in [0.1, 0.15) is 5.84 Å². The Morgan fingerprint density at radius 3 is 2.24 bits per heavy atom. The third-order valence-electron chi connectivity index (χ3n) is 8.04. The maximum atomic E-state index is 6.51. The summed E-state index contributed by atoms with van der Waals surface area (Å²) in [6.45, 7) is 0.506. The van der Waals surface area contributed by atoms with Gasteiger partial charge in [-0.25, -0.2) is 0 Å². The van der Waals surface area contributed by atoms with Gasteiger partial charge in [-0.05, 0) is 59.2 Å². The number of aliphatic imine (C=N–C) groups is 1. The molecule has 0 aliphatic heterocycles. The van der Waals surface area contributed by atoms with Crippen LogP contribution in [-0.2, 0) is 6.54 Å². The van der Waals surface area contributed by atoms with Crippen molar-refractivity contribution in [3.63, 3.8) is 0 Å². The second-order valence-electron chi connectivity index (χ2n) is 10.6. The van der Waals surface area contributed by atoms with Crippen molar-refractivity contribution >= 4 is 59.2 Å². The average molecular weight is 558 g/mol. The Hall–Kier alpha value is -5.19. The fourth-order valence-corrected chi connectivity index (χ4v) is 7.14. The predicted molar refractivity (Wildman–Crippen MR) is 180 cm³/mol. The molecule has 2 N–H and O–H groups in total. The van der Waals surface area contributed by atoms with Crippen molar-refractivity contribution in [2.75, 3.05) is 0 Å². The second-order valence-corrected chi connectivity index (χ2v) is 11.7. The van der Waals surface area contributed by atoms with Gasteiger partial charge in [0, 0.05) is 42.2 Å². The Morgan fingerprint density at radius 2 is 1.33 bits per heavy atom. The highest BCUT2D eigenvalue weighted by Gasteiger charge is 2.15. The topological polar surface area (TPSA) is 43.3 Å². The number of rotatable bonds is 5. The van der Waals surface area contributed by atoms with Crippen LogP contribution in [0.1, 0.15) is 11.1 Å². The van der Waals surface area contributed by atoms with Crippen LogP contribution in [0, 0.1) is 0 Å². The lowest BCUT2D eigenvalue weighted by Crippen LogP contribution is -2.13. The lowest BCUT2D eigenvalue weighted by atomic mass is 10.0. The van der Waals surface area contributed by atoms with Gasteiger partial charge >= 0.3 is 0 Å². The fourth-order valence-electron chi connectivity index (χ4n) is 6.02. The summed E-state index contributed by atoms with van der Waals surface area (Å²) in [5.74, 6) is 0.543. The molecule has 8 rings (SSSR count). The van der Waals surface area contributed by atoms with Crippen LogP contribution in [-0.4, -0.2) is 10.4 Å². The molecule has 0 fully saturated rings. The minimum Gasteiger partial charge on any atom is -0.383 e. The zero-order chi connectivity index (χ0) is 28.0. The molecule has 0 spiro atoms. The maximum absolute atomic E-state index is 6.51. The molecule has 0 aliphatic rings. The van der Waals surface area contributed by atoms with Crippen LogP contribution in [0.2, 0.25) is 0 Å². The Labute approximate surface area is 247 Å². The average Bonchev–Trinajstić information content (AvgIpc) is 3.58. The molecular formula is C38H27N3S. The monoisotopic (exact) mass is 557 g/mol. The van der Waals surface area contributed by atoms with E-state index in [0.29, 0.717) is 12.4 Å². The number of thiophene rings is 1. The van der Waals surface area contributed by atoms with Gasteiger partial charge in [0.2, 0.25) is 0 Å². The van der Waals surface area contributed by atoms with Crippen molar-refractivity contribution in [1.29, 1.82) is 0 Å². The van der Waals surface area contributed by atoms with Crippen molar-refractivity contribution in [1.82, 2.24) is 4.57 Å². The first-order chi connectivity index (χ1) is 20.7. The number of aromatic nitrogens is 1. The van der Waals surface area contributed by atoms with Crippen molar-refractivity contribution in [3.8, 4) is 16.8 Å². The molecule has 0 bridgehead atoms. The minimum absolute atomic E-state index is 0.506. The Morgan fingerprint density at radius 1 is 0.571 bits per heavy atom. The van der Waals surface area contributed by atoms with Crippen molar-refractivity contribution in [3.05, 3.63) is 151 Å². The molecule has 8 aromatic rings. The fraction of sp³-hybridized carbons (Fsp3) is 0.0263. The first kappa shape index (κ1) is 24.6. The number of hydrogen-bond acceptors (Lipinski definition) is 2. The number of nitrogens with two attached hydrogens (primary N) is 1. The molecule has 42 heavy (non-hydrogen) atoms. The van der Waals surface area contributed by atoms with Crippen LogP contribution in [0.4, 0.5) is 0 Å². The molecule has 4 heteroatoms. The van der Waals surface area contributed by atoms with E-state index in [1.807, 2.05) is 29.5 Å². The first-order valence-electron chi connectivity index (χ1n) is 14.1. The van der Waals surface area contributed by atoms with Gasteiger partial charge in [0.15, 0.2) is 0 Å². The van der Waals surface area contributed by atoms with E-state index in [9.17, 15) is 0 Å². The van der Waals surface area contributed by atoms with Gasteiger partial charge in [-0.2, -0.15) is 0 Å². The number of fused-ring (bicyclic) bond motifs is 6. The van der Waals surface area contributed by atoms with Crippen molar-refractivity contribution < 1.29 is 0 Å². The smallest absolute Gasteiger partial charge is 0.125 e. The summed E-state index contributed by atoms with van der Waals surface area (Å²) in [7, 11) is 0. The molecule has 200 valence electrons. The summed E-state index contributed by atoms with van der Waals surface area (Å²) in [6, 6.07) is 49.4. The number of hydrogen-bond donors (Lipinski definition) is 1. The summed E-state index contributed by atoms with van der Waals surface area (Å²) in [5, 5.41) is 5.15. The number of amidine groups is 1. The van der Waals surface area contributed by atoms with Gasteiger partial charge in [-0.15, -0.1) is 11.3 Å². The summed E-state index contributed by atoms with van der Waals surface area (Å²) < 4.78 is 5.03. The van der Waals surface area contributed by atoms with E-state index in [-0.39, 0.29) is 0 Å². The molecule has 2 heterocycles. The predicted octanol–water partition coefficient (Wildman–Crippen LogP) is 9.72. The molecule has 6 aromatic carbocycles. The van der Waals surface area contributed by atoms with Crippen LogP contribution in [0.25, 0.3) is 58.8 Å². The zero-order valence-electron chi connectivity index (χ0n) is 22.9. The zero-order valence-corrected chi connectivity index (χ0v) is 23.7. The van der Waals surface area contributed by atoms with E-state index in [0.717, 1.165) is 22.4 Å². The van der Waals surface area contributed by atoms with Crippen molar-refractivity contribution in [2.24, 2.45) is 10.7 Å². The molecule has 0 aliphatic carbocycles. The van der Waals surface area contributed by atoms with E-state index in [1.54, 1.807) is 0 Å². The Kier molecular flexibility index (Phi) is 5.87. The van der Waals surface area contributed by atoms with Crippen LogP contribution in [0.15, 0.2) is 145 Å². The normalized spacial score (nSPS) is 12.1. The molecule has 0 radical (unpaired) electrons. The van der Waals surface area contributed by atoms with Crippen LogP contribution >= 0.6 is 11.3 Å². The number of para-hydroxylation sites is 1. The van der Waals surface area contributed by atoms with Crippen LogP contribution in [0.5, 0.6) is 0 Å². The van der Waals surface area contributed by atoms with Gasteiger partial charge in [0.05, 0.1) is 17.6 Å². The van der Waals surface area contributed by atoms with E-state index in [1.165, 1.54) is 47.5 Å². The van der Waals surface area contributed by atoms with Gasteiger partial charge < -0.3 is 10.3 Å². The molecule has 0 atom stereocenters. The van der Waals surface area contributed by atoms with Crippen LogP contribution < -0.4 is 5.73 Å². The number of benzene rings is 6. The molecule has 0 amide bonds. The third-order valence-corrected chi connectivity index (χ3v) is 9.17. The summed E-state index contributed by atoms with van der Waals surface area (Å²) in [5.41, 5.74) is 14.4. The standard InChI is InChI=1S/C38H27N3S/c39-38(28-14-9-13-27(21-28)26-11-2-1-3-12-26)40-24-25-10-8-15-29(20-25)41-34-18-6-4-16-30(34)32-23-37-33(22-35(32)41)31-17-5-7-19-36(31)42-37/h1-23H,24H2,(H2,39,40). The lowest BCUT2D eigenvalue weighted by molar-refractivity contribution is 1.05. The highest BCUT2D eigenvalue weighted by molar-refractivity contribution is 7.25. The lowest BCUT2D eigenvalue weighted by Gasteiger charge is -2.10. The maximum Gasteiger partial charge on any atom is 0.125 e. The van der Waals surface area contributed by atoms with Gasteiger partial charge in [-0.1, -0.05) is 97.1 Å². The Balaban J connectivity index is 1.20. The first-order valence-corrected chi connectivity index (χ1v) is 14.9.